The summed E-state index contributed by atoms with van der Waals surface area (Å²) < 4.78 is 2.00. The number of carbonyl (C=O) groups excluding carboxylic acids is 1. The van der Waals surface area contributed by atoms with Crippen LogP contribution in [-0.4, -0.2) is 15.2 Å². The number of carbonyl (C=O) groups is 1. The summed E-state index contributed by atoms with van der Waals surface area (Å²) >= 11 is 1.60. The zero-order valence-electron chi connectivity index (χ0n) is 12.2. The second-order valence-electron chi connectivity index (χ2n) is 5.00. The van der Waals surface area contributed by atoms with Gasteiger partial charge in [0.05, 0.1) is 5.69 Å². The molecular formula is C17H16N2OSY-2. The molecule has 0 saturated heterocycles. The van der Waals surface area contributed by atoms with Crippen LogP contribution in [0.3, 0.4) is 0 Å². The topological polar surface area (TPSA) is 34.4 Å². The smallest absolute Gasteiger partial charge is 0.194 e. The van der Waals surface area contributed by atoms with E-state index in [4.69, 9.17) is 0 Å². The summed E-state index contributed by atoms with van der Waals surface area (Å²) in [6.45, 7) is 7.60. The largest absolute Gasteiger partial charge is 0.345 e. The van der Waals surface area contributed by atoms with E-state index in [9.17, 15) is 4.79 Å². The van der Waals surface area contributed by atoms with E-state index < -0.39 is 0 Å². The molecule has 1 radical (unpaired) electrons. The summed E-state index contributed by atoms with van der Waals surface area (Å²) in [7, 11) is 0. The molecule has 0 saturated carbocycles. The fourth-order valence-electron chi connectivity index (χ4n) is 2.27. The van der Waals surface area contributed by atoms with E-state index in [1.54, 1.807) is 11.3 Å². The quantitative estimate of drug-likeness (QED) is 0.626. The summed E-state index contributed by atoms with van der Waals surface area (Å²) in [6, 6.07) is 7.92. The summed E-state index contributed by atoms with van der Waals surface area (Å²) in [5, 5.41) is 2.00. The normalized spacial score (nSPS) is 12.1. The molecule has 111 valence electrons. The van der Waals surface area contributed by atoms with Gasteiger partial charge >= 0.3 is 0 Å². The Labute approximate surface area is 159 Å². The average Bonchev–Trinajstić information content (AvgIpc) is 3.08. The number of benzene rings is 1. The van der Waals surface area contributed by atoms with E-state index in [-0.39, 0.29) is 44.4 Å². The standard InChI is InChI=1S/C17H16N2OS.Y/c1-3-12(2)16(20)10-13-6-4-5-7-14(13)15-11-19-8-9-21-17(19)18-15;/h4-9,11-12H,1-3,10H2;/q-2;. The van der Waals surface area contributed by atoms with Gasteiger partial charge in [0.2, 0.25) is 0 Å². The fourth-order valence-corrected chi connectivity index (χ4v) is 2.97. The van der Waals surface area contributed by atoms with E-state index in [1.807, 2.05) is 46.4 Å². The van der Waals surface area contributed by atoms with Crippen LogP contribution >= 0.6 is 11.3 Å². The molecule has 22 heavy (non-hydrogen) atoms. The van der Waals surface area contributed by atoms with Crippen molar-refractivity contribution < 1.29 is 37.5 Å². The second kappa shape index (κ2) is 7.62. The molecule has 0 N–H and O–H groups in total. The molecule has 2 heterocycles. The van der Waals surface area contributed by atoms with Crippen molar-refractivity contribution in [2.75, 3.05) is 0 Å². The summed E-state index contributed by atoms with van der Waals surface area (Å²) in [4.78, 5) is 17.7. The van der Waals surface area contributed by atoms with Crippen molar-refractivity contribution in [3.63, 3.8) is 0 Å². The molecule has 0 spiro atoms. The van der Waals surface area contributed by atoms with Gasteiger partial charge < -0.3 is 18.6 Å². The van der Waals surface area contributed by atoms with Crippen LogP contribution in [0.5, 0.6) is 0 Å². The molecule has 1 unspecified atom stereocenters. The van der Waals surface area contributed by atoms with Crippen LogP contribution in [0.1, 0.15) is 12.0 Å². The number of Topliss-reactive ketones (excluding diaryl/α,β-unsaturated/α-hetero) is 1. The third-order valence-corrected chi connectivity index (χ3v) is 4.33. The molecule has 0 aliphatic heterocycles. The Hall–Kier alpha value is -0.836. The fraction of sp³-hybridized carbons (Fsp3) is 0.176. The average molecular weight is 385 g/mol. The number of ketones is 1. The van der Waals surface area contributed by atoms with E-state index in [2.05, 4.69) is 18.8 Å². The molecule has 0 bridgehead atoms. The molecule has 3 rings (SSSR count). The van der Waals surface area contributed by atoms with Crippen molar-refractivity contribution in [3.8, 4) is 11.3 Å². The van der Waals surface area contributed by atoms with Gasteiger partial charge in [0.15, 0.2) is 4.96 Å². The van der Waals surface area contributed by atoms with Crippen LogP contribution in [0.2, 0.25) is 0 Å². The summed E-state index contributed by atoms with van der Waals surface area (Å²) in [6.07, 6.45) is 4.89. The van der Waals surface area contributed by atoms with Crippen molar-refractivity contribution >= 4 is 22.1 Å². The molecule has 3 nitrogen and oxygen atoms in total. The molecule has 3 aromatic rings. The van der Waals surface area contributed by atoms with Crippen LogP contribution in [0.25, 0.3) is 16.2 Å². The maximum atomic E-state index is 12.1. The van der Waals surface area contributed by atoms with Crippen molar-refractivity contribution in [3.05, 3.63) is 61.5 Å². The molecule has 2 aromatic heterocycles. The SMILES string of the molecule is [CH2-]CC([CH2-])C(=O)Cc1ccccc1-c1cn2ccsc2n1.[Y]. The van der Waals surface area contributed by atoms with Gasteiger partial charge in [0.1, 0.15) is 5.78 Å². The molecule has 5 heteroatoms. The van der Waals surface area contributed by atoms with Crippen LogP contribution in [0, 0.1) is 19.8 Å². The number of aromatic nitrogens is 2. The van der Waals surface area contributed by atoms with Crippen molar-refractivity contribution in [1.29, 1.82) is 0 Å². The maximum absolute atomic E-state index is 12.1. The van der Waals surface area contributed by atoms with Crippen LogP contribution in [0.15, 0.2) is 42.0 Å². The molecular weight excluding hydrogens is 369 g/mol. The Bertz CT molecular complexity index is 749. The summed E-state index contributed by atoms with van der Waals surface area (Å²) in [5.74, 6) is -0.123. The molecule has 0 amide bonds. The van der Waals surface area contributed by atoms with E-state index in [0.29, 0.717) is 12.8 Å². The number of thiazole rings is 1. The minimum atomic E-state index is -0.247. The van der Waals surface area contributed by atoms with Gasteiger partial charge in [0.25, 0.3) is 0 Å². The number of nitrogens with zero attached hydrogens (tertiary/aromatic N) is 2. The number of hydrogen-bond donors (Lipinski definition) is 0. The van der Waals surface area contributed by atoms with Gasteiger partial charge in [-0.1, -0.05) is 24.3 Å². The molecule has 0 aliphatic rings. The van der Waals surface area contributed by atoms with Crippen LogP contribution in [-0.2, 0) is 43.9 Å². The Morgan fingerprint density at radius 3 is 2.86 bits per heavy atom. The predicted molar refractivity (Wildman–Crippen MR) is 86.0 cm³/mol. The Morgan fingerprint density at radius 1 is 1.36 bits per heavy atom. The molecule has 1 atom stereocenters. The van der Waals surface area contributed by atoms with Crippen molar-refractivity contribution in [2.24, 2.45) is 5.92 Å². The van der Waals surface area contributed by atoms with Crippen LogP contribution in [0.4, 0.5) is 0 Å². The van der Waals surface area contributed by atoms with Gasteiger partial charge in [-0.15, -0.1) is 17.3 Å². The maximum Gasteiger partial charge on any atom is 0.194 e. The molecule has 1 aromatic carbocycles. The predicted octanol–water partition coefficient (Wildman–Crippen LogP) is 3.85. The van der Waals surface area contributed by atoms with Crippen molar-refractivity contribution in [2.45, 2.75) is 12.8 Å². The van der Waals surface area contributed by atoms with Gasteiger partial charge in [-0.2, -0.15) is 0 Å². The van der Waals surface area contributed by atoms with Gasteiger partial charge in [-0.3, -0.25) is 4.40 Å². The molecule has 0 aliphatic carbocycles. The first-order chi connectivity index (χ1) is 10.2. The van der Waals surface area contributed by atoms with E-state index in [1.165, 1.54) is 0 Å². The van der Waals surface area contributed by atoms with E-state index in [0.717, 1.165) is 21.8 Å². The first kappa shape index (κ1) is 17.5. The van der Waals surface area contributed by atoms with Crippen LogP contribution < -0.4 is 0 Å². The van der Waals surface area contributed by atoms with Crippen molar-refractivity contribution in [1.82, 2.24) is 9.38 Å². The molecule has 0 fully saturated rings. The second-order valence-corrected chi connectivity index (χ2v) is 5.88. The minimum absolute atomic E-state index is 0. The first-order valence-corrected chi connectivity index (χ1v) is 7.72. The van der Waals surface area contributed by atoms with Gasteiger partial charge in [-0.25, -0.2) is 11.4 Å². The number of rotatable bonds is 5. The Kier molecular flexibility index (Phi) is 6.07. The summed E-state index contributed by atoms with van der Waals surface area (Å²) in [5.41, 5.74) is 2.91. The number of fused-ring (bicyclic) bond motifs is 1. The first-order valence-electron chi connectivity index (χ1n) is 6.84. The minimum Gasteiger partial charge on any atom is -0.345 e. The third-order valence-electron chi connectivity index (χ3n) is 3.56. The Morgan fingerprint density at radius 2 is 2.14 bits per heavy atom. The van der Waals surface area contributed by atoms with Gasteiger partial charge in [-0.05, 0) is 5.56 Å². The number of imidazole rings is 1. The number of hydrogen-bond acceptors (Lipinski definition) is 3. The monoisotopic (exact) mass is 385 g/mol. The zero-order chi connectivity index (χ0) is 14.8. The Balaban J connectivity index is 0.00000176. The van der Waals surface area contributed by atoms with Gasteiger partial charge in [0, 0.05) is 62.5 Å². The van der Waals surface area contributed by atoms with E-state index >= 15 is 0 Å². The zero-order valence-corrected chi connectivity index (χ0v) is 15.9. The third kappa shape index (κ3) is 3.56.